The number of nitrogens with one attached hydrogen (secondary N) is 1. The molecule has 2 nitrogen and oxygen atoms in total. The highest BCUT2D eigenvalue weighted by atomic mass is 35.5. The topological polar surface area (TPSA) is 21.3 Å². The van der Waals surface area contributed by atoms with E-state index in [4.69, 9.17) is 16.3 Å². The fraction of sp³-hybridized carbons (Fsp3) is 0.333. The summed E-state index contributed by atoms with van der Waals surface area (Å²) in [4.78, 5) is 0. The molecular weight excluding hydrogens is 282 g/mol. The van der Waals surface area contributed by atoms with E-state index in [1.807, 2.05) is 37.3 Å². The Balaban J connectivity index is 2.04. The predicted molar refractivity (Wildman–Crippen MR) is 89.3 cm³/mol. The maximum atomic E-state index is 6.00. The van der Waals surface area contributed by atoms with E-state index in [-0.39, 0.29) is 5.54 Å². The van der Waals surface area contributed by atoms with Gasteiger partial charge in [0.25, 0.3) is 0 Å². The van der Waals surface area contributed by atoms with Gasteiger partial charge in [-0.1, -0.05) is 29.8 Å². The summed E-state index contributed by atoms with van der Waals surface area (Å²) in [6, 6.07) is 13.8. The van der Waals surface area contributed by atoms with Crippen LogP contribution in [0, 0.1) is 6.92 Å². The van der Waals surface area contributed by atoms with Crippen molar-refractivity contribution in [2.75, 3.05) is 0 Å². The van der Waals surface area contributed by atoms with Gasteiger partial charge in [0.15, 0.2) is 0 Å². The molecule has 3 heteroatoms. The Kier molecular flexibility index (Phi) is 4.92. The molecular formula is C18H22ClNO. The monoisotopic (exact) mass is 303 g/mol. The van der Waals surface area contributed by atoms with Gasteiger partial charge in [0, 0.05) is 17.1 Å². The lowest BCUT2D eigenvalue weighted by atomic mass is 10.1. The molecule has 0 aromatic heterocycles. The fourth-order valence-electron chi connectivity index (χ4n) is 1.85. The average molecular weight is 304 g/mol. The fourth-order valence-corrected chi connectivity index (χ4v) is 2.02. The van der Waals surface area contributed by atoms with Gasteiger partial charge in [-0.3, -0.25) is 0 Å². The van der Waals surface area contributed by atoms with E-state index in [9.17, 15) is 0 Å². The van der Waals surface area contributed by atoms with Crippen molar-refractivity contribution < 1.29 is 4.74 Å². The van der Waals surface area contributed by atoms with Gasteiger partial charge >= 0.3 is 0 Å². The van der Waals surface area contributed by atoms with Crippen molar-refractivity contribution >= 4 is 11.6 Å². The zero-order valence-corrected chi connectivity index (χ0v) is 13.8. The summed E-state index contributed by atoms with van der Waals surface area (Å²) in [6.07, 6.45) is 0. The maximum absolute atomic E-state index is 6.00. The van der Waals surface area contributed by atoms with Crippen LogP contribution in [0.15, 0.2) is 42.5 Å². The van der Waals surface area contributed by atoms with Crippen molar-refractivity contribution in [3.05, 3.63) is 58.6 Å². The van der Waals surface area contributed by atoms with Crippen LogP contribution in [0.4, 0.5) is 0 Å². The first-order valence-electron chi connectivity index (χ1n) is 7.11. The van der Waals surface area contributed by atoms with E-state index >= 15 is 0 Å². The van der Waals surface area contributed by atoms with Crippen LogP contribution in [-0.4, -0.2) is 5.54 Å². The van der Waals surface area contributed by atoms with Gasteiger partial charge in [0.2, 0.25) is 0 Å². The molecule has 1 N–H and O–H groups in total. The Morgan fingerprint density at radius 3 is 2.33 bits per heavy atom. The zero-order valence-electron chi connectivity index (χ0n) is 13.0. The summed E-state index contributed by atoms with van der Waals surface area (Å²) in [5.41, 5.74) is 2.42. The molecule has 0 saturated heterocycles. The number of ether oxygens (including phenoxy) is 1. The summed E-state index contributed by atoms with van der Waals surface area (Å²) in [5, 5.41) is 4.15. The molecule has 0 aliphatic carbocycles. The van der Waals surface area contributed by atoms with Gasteiger partial charge in [-0.25, -0.2) is 0 Å². The molecule has 0 fully saturated rings. The lowest BCUT2D eigenvalue weighted by molar-refractivity contribution is 0.424. The molecule has 0 aliphatic heterocycles. The molecule has 0 unspecified atom stereocenters. The standard InChI is InChI=1S/C18H22ClNO/c1-13-5-8-15(19)11-17(13)21-16-9-6-14(7-10-16)12-20-18(2,3)4/h5-11,20H,12H2,1-4H3. The van der Waals surface area contributed by atoms with Crippen LogP contribution in [0.25, 0.3) is 0 Å². The van der Waals surface area contributed by atoms with Crippen molar-refractivity contribution in [3.8, 4) is 11.5 Å². The van der Waals surface area contributed by atoms with E-state index in [0.29, 0.717) is 5.02 Å². The van der Waals surface area contributed by atoms with Gasteiger partial charge in [-0.2, -0.15) is 0 Å². The van der Waals surface area contributed by atoms with Crippen molar-refractivity contribution in [1.82, 2.24) is 5.32 Å². The number of aryl methyl sites for hydroxylation is 1. The minimum absolute atomic E-state index is 0.118. The molecule has 0 amide bonds. The maximum Gasteiger partial charge on any atom is 0.131 e. The predicted octanol–water partition coefficient (Wildman–Crippen LogP) is 5.33. The number of halogens is 1. The van der Waals surface area contributed by atoms with Gasteiger partial charge in [0.05, 0.1) is 0 Å². The van der Waals surface area contributed by atoms with Crippen LogP contribution < -0.4 is 10.1 Å². The van der Waals surface area contributed by atoms with Crippen LogP contribution in [0.3, 0.4) is 0 Å². The van der Waals surface area contributed by atoms with Crippen molar-refractivity contribution in [2.24, 2.45) is 0 Å². The smallest absolute Gasteiger partial charge is 0.131 e. The zero-order chi connectivity index (χ0) is 15.5. The normalized spacial score (nSPS) is 11.5. The third kappa shape index (κ3) is 5.07. The van der Waals surface area contributed by atoms with Crippen molar-refractivity contribution in [2.45, 2.75) is 39.8 Å². The summed E-state index contributed by atoms with van der Waals surface area (Å²) in [6.45, 7) is 9.33. The first kappa shape index (κ1) is 15.9. The summed E-state index contributed by atoms with van der Waals surface area (Å²) in [5.74, 6) is 1.61. The minimum atomic E-state index is 0.118. The van der Waals surface area contributed by atoms with E-state index in [0.717, 1.165) is 23.6 Å². The van der Waals surface area contributed by atoms with E-state index in [1.54, 1.807) is 0 Å². The molecule has 0 spiro atoms. The highest BCUT2D eigenvalue weighted by Crippen LogP contribution is 2.28. The van der Waals surface area contributed by atoms with Gasteiger partial charge in [-0.05, 0) is 63.1 Å². The molecule has 0 atom stereocenters. The molecule has 0 radical (unpaired) electrons. The molecule has 0 bridgehead atoms. The van der Waals surface area contributed by atoms with Crippen molar-refractivity contribution in [1.29, 1.82) is 0 Å². The third-order valence-corrected chi connectivity index (χ3v) is 3.36. The molecule has 0 saturated carbocycles. The van der Waals surface area contributed by atoms with Crippen LogP contribution in [0.5, 0.6) is 11.5 Å². The van der Waals surface area contributed by atoms with Crippen LogP contribution in [0.1, 0.15) is 31.9 Å². The van der Waals surface area contributed by atoms with Crippen LogP contribution in [0.2, 0.25) is 5.02 Å². The van der Waals surface area contributed by atoms with Gasteiger partial charge < -0.3 is 10.1 Å². The molecule has 0 aliphatic rings. The highest BCUT2D eigenvalue weighted by molar-refractivity contribution is 6.30. The molecule has 0 heterocycles. The molecule has 2 aromatic rings. The Labute approximate surface area is 132 Å². The van der Waals surface area contributed by atoms with Crippen molar-refractivity contribution in [3.63, 3.8) is 0 Å². The van der Waals surface area contributed by atoms with E-state index < -0.39 is 0 Å². The minimum Gasteiger partial charge on any atom is -0.457 e. The SMILES string of the molecule is Cc1ccc(Cl)cc1Oc1ccc(CNC(C)(C)C)cc1. The molecule has 2 rings (SSSR count). The van der Waals surface area contributed by atoms with E-state index in [1.165, 1.54) is 5.56 Å². The van der Waals surface area contributed by atoms with Gasteiger partial charge in [0.1, 0.15) is 11.5 Å². The quantitative estimate of drug-likeness (QED) is 0.824. The van der Waals surface area contributed by atoms with Crippen LogP contribution >= 0.6 is 11.6 Å². The third-order valence-electron chi connectivity index (χ3n) is 3.12. The summed E-state index contributed by atoms with van der Waals surface area (Å²) in [7, 11) is 0. The second-order valence-electron chi connectivity index (χ2n) is 6.26. The lowest BCUT2D eigenvalue weighted by Gasteiger charge is -2.20. The second kappa shape index (κ2) is 6.50. The summed E-state index contributed by atoms with van der Waals surface area (Å²) >= 11 is 6.00. The number of hydrogen-bond acceptors (Lipinski definition) is 2. The first-order chi connectivity index (χ1) is 9.83. The van der Waals surface area contributed by atoms with Crippen LogP contribution in [-0.2, 0) is 6.54 Å². The van der Waals surface area contributed by atoms with E-state index in [2.05, 4.69) is 38.2 Å². The molecule has 21 heavy (non-hydrogen) atoms. The molecule has 112 valence electrons. The largest absolute Gasteiger partial charge is 0.457 e. The first-order valence-corrected chi connectivity index (χ1v) is 7.49. The summed E-state index contributed by atoms with van der Waals surface area (Å²) < 4.78 is 5.89. The average Bonchev–Trinajstić information content (AvgIpc) is 2.41. The Bertz CT molecular complexity index is 600. The number of rotatable bonds is 4. The highest BCUT2D eigenvalue weighted by Gasteiger charge is 2.08. The Morgan fingerprint density at radius 1 is 1.05 bits per heavy atom. The number of hydrogen-bond donors (Lipinski definition) is 1. The van der Waals surface area contributed by atoms with Gasteiger partial charge in [-0.15, -0.1) is 0 Å². The Hall–Kier alpha value is -1.51. The second-order valence-corrected chi connectivity index (χ2v) is 6.70. The number of benzene rings is 2. The lowest BCUT2D eigenvalue weighted by Crippen LogP contribution is -2.34. The molecule has 2 aromatic carbocycles. The Morgan fingerprint density at radius 2 is 1.71 bits per heavy atom.